The van der Waals surface area contributed by atoms with Crippen molar-refractivity contribution in [2.24, 2.45) is 18.0 Å². The van der Waals surface area contributed by atoms with E-state index in [2.05, 4.69) is 20.8 Å². The van der Waals surface area contributed by atoms with Crippen molar-refractivity contribution in [2.45, 2.75) is 32.9 Å². The minimum atomic E-state index is 0. The van der Waals surface area contributed by atoms with Crippen LogP contribution in [0.2, 0.25) is 0 Å². The normalized spacial score (nSPS) is 16.0. The summed E-state index contributed by atoms with van der Waals surface area (Å²) in [5, 5.41) is 15.1. The average Bonchev–Trinajstić information content (AvgIpc) is 3.42. The quantitative estimate of drug-likeness (QED) is 0.189. The van der Waals surface area contributed by atoms with E-state index >= 15 is 0 Å². The lowest BCUT2D eigenvalue weighted by molar-refractivity contribution is 0.0888. The van der Waals surface area contributed by atoms with Gasteiger partial charge in [0.25, 0.3) is 0 Å². The van der Waals surface area contributed by atoms with Crippen molar-refractivity contribution in [1.82, 2.24) is 25.4 Å². The molecule has 178 valence electrons. The molecule has 9 nitrogen and oxygen atoms in total. The molecule has 1 aliphatic heterocycles. The smallest absolute Gasteiger partial charge is 0.191 e. The van der Waals surface area contributed by atoms with Crippen LogP contribution >= 0.6 is 24.0 Å². The second-order valence-electron chi connectivity index (χ2n) is 7.67. The van der Waals surface area contributed by atoms with E-state index in [9.17, 15) is 0 Å². The maximum atomic E-state index is 5.78. The standard InChI is InChI=1S/C22H34N6O3.HI/c1-17-26-27-21(28(17)2)14-25-22(24-13-18-5-7-20(29-3)8-6-18)23-10-4-11-30-15-19-9-12-31-16-19;/h5-8,19H,4,9-16H2,1-3H3,(H2,23,24,25);1H. The molecule has 0 bridgehead atoms. The fourth-order valence-corrected chi connectivity index (χ4v) is 3.19. The highest BCUT2D eigenvalue weighted by Gasteiger charge is 2.15. The number of aryl methyl sites for hydroxylation is 1. The van der Waals surface area contributed by atoms with Gasteiger partial charge in [-0.05, 0) is 37.5 Å². The fraction of sp³-hybridized carbons (Fsp3) is 0.591. The van der Waals surface area contributed by atoms with Gasteiger partial charge in [-0.25, -0.2) is 4.99 Å². The van der Waals surface area contributed by atoms with E-state index in [0.717, 1.165) is 74.7 Å². The lowest BCUT2D eigenvalue weighted by atomic mass is 10.1. The molecule has 10 heteroatoms. The number of methoxy groups -OCH3 is 1. The van der Waals surface area contributed by atoms with Crippen molar-refractivity contribution < 1.29 is 14.2 Å². The first-order chi connectivity index (χ1) is 15.2. The van der Waals surface area contributed by atoms with Gasteiger partial charge < -0.3 is 29.4 Å². The zero-order valence-electron chi connectivity index (χ0n) is 19.2. The van der Waals surface area contributed by atoms with Crippen LogP contribution in [0.3, 0.4) is 0 Å². The molecule has 1 aromatic heterocycles. The third-order valence-corrected chi connectivity index (χ3v) is 5.31. The number of aromatic nitrogens is 3. The lowest BCUT2D eigenvalue weighted by Crippen LogP contribution is -2.38. The largest absolute Gasteiger partial charge is 0.497 e. The SMILES string of the molecule is COc1ccc(CN=C(NCCCOCC2CCOC2)NCc2nnc(C)n2C)cc1.I. The highest BCUT2D eigenvalue weighted by molar-refractivity contribution is 14.0. The van der Waals surface area contributed by atoms with E-state index in [0.29, 0.717) is 19.0 Å². The second-order valence-corrected chi connectivity index (χ2v) is 7.67. The summed E-state index contributed by atoms with van der Waals surface area (Å²) in [4.78, 5) is 4.72. The number of hydrogen-bond donors (Lipinski definition) is 2. The molecule has 3 rings (SSSR count). The summed E-state index contributed by atoms with van der Waals surface area (Å²) in [6, 6.07) is 7.93. The van der Waals surface area contributed by atoms with E-state index in [-0.39, 0.29) is 24.0 Å². The first-order valence-electron chi connectivity index (χ1n) is 10.8. The Kier molecular flexibility index (Phi) is 11.7. The van der Waals surface area contributed by atoms with Crippen LogP contribution in [0, 0.1) is 12.8 Å². The number of guanidine groups is 1. The minimum absolute atomic E-state index is 0. The van der Waals surface area contributed by atoms with Crippen LogP contribution in [0.1, 0.15) is 30.1 Å². The Hall–Kier alpha value is -1.92. The molecule has 2 N–H and O–H groups in total. The minimum Gasteiger partial charge on any atom is -0.497 e. The monoisotopic (exact) mass is 558 g/mol. The van der Waals surface area contributed by atoms with Crippen LogP contribution in [0.25, 0.3) is 0 Å². The molecule has 1 aliphatic rings. The van der Waals surface area contributed by atoms with Gasteiger partial charge in [-0.15, -0.1) is 34.2 Å². The van der Waals surface area contributed by atoms with E-state index < -0.39 is 0 Å². The zero-order chi connectivity index (χ0) is 21.9. The number of hydrogen-bond acceptors (Lipinski definition) is 6. The Morgan fingerprint density at radius 1 is 1.25 bits per heavy atom. The molecule has 2 heterocycles. The molecule has 0 radical (unpaired) electrons. The van der Waals surface area contributed by atoms with Crippen molar-refractivity contribution in [2.75, 3.05) is 40.1 Å². The number of rotatable bonds is 11. The predicted octanol–water partition coefficient (Wildman–Crippen LogP) is 2.43. The van der Waals surface area contributed by atoms with Gasteiger partial charge >= 0.3 is 0 Å². The Bertz CT molecular complexity index is 822. The zero-order valence-corrected chi connectivity index (χ0v) is 21.5. The summed E-state index contributed by atoms with van der Waals surface area (Å²) in [6.45, 7) is 7.00. The highest BCUT2D eigenvalue weighted by atomic mass is 127. The lowest BCUT2D eigenvalue weighted by Gasteiger charge is -2.13. The van der Waals surface area contributed by atoms with Crippen LogP contribution in [0.5, 0.6) is 5.75 Å². The number of aliphatic imine (C=N–C) groups is 1. The Morgan fingerprint density at radius 2 is 2.06 bits per heavy atom. The molecule has 2 aromatic rings. The van der Waals surface area contributed by atoms with Crippen molar-refractivity contribution in [3.63, 3.8) is 0 Å². The first kappa shape index (κ1) is 26.3. The van der Waals surface area contributed by atoms with Gasteiger partial charge in [-0.2, -0.15) is 0 Å². The third kappa shape index (κ3) is 8.55. The van der Waals surface area contributed by atoms with Crippen LogP contribution in [-0.2, 0) is 29.6 Å². The Labute approximate surface area is 207 Å². The predicted molar refractivity (Wildman–Crippen MR) is 134 cm³/mol. The second kappa shape index (κ2) is 14.3. The first-order valence-corrected chi connectivity index (χ1v) is 10.8. The summed E-state index contributed by atoms with van der Waals surface area (Å²) in [6.07, 6.45) is 2.01. The van der Waals surface area contributed by atoms with Gasteiger partial charge in [0.1, 0.15) is 11.6 Å². The molecule has 1 atom stereocenters. The van der Waals surface area contributed by atoms with Gasteiger partial charge in [0.15, 0.2) is 11.8 Å². The molecule has 1 aromatic carbocycles. The number of nitrogens with zero attached hydrogens (tertiary/aromatic N) is 4. The van der Waals surface area contributed by atoms with Crippen LogP contribution in [0.4, 0.5) is 0 Å². The van der Waals surface area contributed by atoms with E-state index in [1.54, 1.807) is 7.11 Å². The third-order valence-electron chi connectivity index (χ3n) is 5.31. The van der Waals surface area contributed by atoms with Crippen LogP contribution in [0.15, 0.2) is 29.3 Å². The molecule has 0 amide bonds. The maximum absolute atomic E-state index is 5.78. The Morgan fingerprint density at radius 3 is 2.72 bits per heavy atom. The van der Waals surface area contributed by atoms with E-state index in [1.165, 1.54) is 0 Å². The molecule has 32 heavy (non-hydrogen) atoms. The number of ether oxygens (including phenoxy) is 3. The summed E-state index contributed by atoms with van der Waals surface area (Å²) < 4.78 is 18.4. The van der Waals surface area contributed by atoms with Gasteiger partial charge in [0.05, 0.1) is 33.4 Å². The van der Waals surface area contributed by atoms with E-state index in [1.807, 2.05) is 42.8 Å². The molecule has 1 unspecified atom stereocenters. The number of benzene rings is 1. The van der Waals surface area contributed by atoms with Gasteiger partial charge in [0.2, 0.25) is 0 Å². The fourth-order valence-electron chi connectivity index (χ4n) is 3.19. The number of nitrogens with one attached hydrogen (secondary N) is 2. The van der Waals surface area contributed by atoms with Crippen molar-refractivity contribution in [3.05, 3.63) is 41.5 Å². The van der Waals surface area contributed by atoms with Crippen LogP contribution in [-0.4, -0.2) is 60.8 Å². The molecule has 0 spiro atoms. The molecule has 1 fully saturated rings. The van der Waals surface area contributed by atoms with Gasteiger partial charge in [-0.1, -0.05) is 12.1 Å². The summed E-state index contributed by atoms with van der Waals surface area (Å²) >= 11 is 0. The summed E-state index contributed by atoms with van der Waals surface area (Å²) in [5.41, 5.74) is 1.11. The van der Waals surface area contributed by atoms with Crippen molar-refractivity contribution in [3.8, 4) is 5.75 Å². The molecule has 0 saturated carbocycles. The van der Waals surface area contributed by atoms with Crippen molar-refractivity contribution >= 4 is 29.9 Å². The molecular weight excluding hydrogens is 523 g/mol. The topological polar surface area (TPSA) is 94.8 Å². The highest BCUT2D eigenvalue weighted by Crippen LogP contribution is 2.13. The number of halogens is 1. The summed E-state index contributed by atoms with van der Waals surface area (Å²) in [5.74, 6) is 3.86. The average molecular weight is 558 g/mol. The molecule has 1 saturated heterocycles. The molecule has 0 aliphatic carbocycles. The molecular formula is C22H35IN6O3. The maximum Gasteiger partial charge on any atom is 0.191 e. The summed E-state index contributed by atoms with van der Waals surface area (Å²) in [7, 11) is 3.62. The Balaban J connectivity index is 0.00000363. The van der Waals surface area contributed by atoms with Crippen LogP contribution < -0.4 is 15.4 Å². The van der Waals surface area contributed by atoms with Gasteiger partial charge in [0, 0.05) is 32.7 Å². The van der Waals surface area contributed by atoms with E-state index in [4.69, 9.17) is 19.2 Å². The van der Waals surface area contributed by atoms with Crippen molar-refractivity contribution in [1.29, 1.82) is 0 Å². The van der Waals surface area contributed by atoms with Gasteiger partial charge in [-0.3, -0.25) is 0 Å².